The van der Waals surface area contributed by atoms with Crippen LogP contribution in [0.5, 0.6) is 0 Å². The molecule has 1 N–H and O–H groups in total. The lowest BCUT2D eigenvalue weighted by Crippen LogP contribution is -2.44. The van der Waals surface area contributed by atoms with E-state index in [2.05, 4.69) is 6.92 Å². The number of hydrogen-bond acceptors (Lipinski definition) is 2. The number of unbranched alkanes of at least 4 members (excludes halogenated alkanes) is 1. The Morgan fingerprint density at radius 1 is 1.47 bits per heavy atom. The normalized spacial score (nSPS) is 19.4. The fourth-order valence-electron chi connectivity index (χ4n) is 2.21. The molecule has 98 valence electrons. The lowest BCUT2D eigenvalue weighted by molar-refractivity contribution is -0.138. The van der Waals surface area contributed by atoms with Gasteiger partial charge in [0.25, 0.3) is 0 Å². The number of amides is 2. The van der Waals surface area contributed by atoms with E-state index in [0.29, 0.717) is 6.54 Å². The summed E-state index contributed by atoms with van der Waals surface area (Å²) < 4.78 is 0. The van der Waals surface area contributed by atoms with E-state index >= 15 is 0 Å². The summed E-state index contributed by atoms with van der Waals surface area (Å²) in [6.07, 6.45) is 3.81. The molecule has 0 aromatic heterocycles. The summed E-state index contributed by atoms with van der Waals surface area (Å²) >= 11 is 0. The molecular weight excluding hydrogens is 220 g/mol. The summed E-state index contributed by atoms with van der Waals surface area (Å²) in [6, 6.07) is -0.147. The smallest absolute Gasteiger partial charge is 0.320 e. The van der Waals surface area contributed by atoms with Crippen molar-refractivity contribution < 1.29 is 14.7 Å². The van der Waals surface area contributed by atoms with Crippen molar-refractivity contribution in [1.82, 2.24) is 9.80 Å². The number of carbonyl (C=O) groups is 2. The number of hydrogen-bond donors (Lipinski definition) is 1. The van der Waals surface area contributed by atoms with Gasteiger partial charge in [0.05, 0.1) is 6.42 Å². The van der Waals surface area contributed by atoms with Crippen molar-refractivity contribution in [2.24, 2.45) is 0 Å². The Morgan fingerprint density at radius 2 is 2.18 bits per heavy atom. The molecular formula is C12H22N2O3. The molecule has 5 heteroatoms. The molecule has 1 atom stereocenters. The number of carboxylic acids is 1. The second-order valence-electron chi connectivity index (χ2n) is 4.64. The quantitative estimate of drug-likeness (QED) is 0.799. The van der Waals surface area contributed by atoms with Gasteiger partial charge in [-0.2, -0.15) is 0 Å². The third-order valence-corrected chi connectivity index (χ3v) is 3.21. The minimum absolute atomic E-state index is 0.0257. The van der Waals surface area contributed by atoms with Crippen LogP contribution in [0.4, 0.5) is 4.79 Å². The van der Waals surface area contributed by atoms with Crippen LogP contribution >= 0.6 is 0 Å². The van der Waals surface area contributed by atoms with Gasteiger partial charge < -0.3 is 14.9 Å². The number of nitrogens with zero attached hydrogens (tertiary/aromatic N) is 2. The number of rotatable bonds is 5. The lowest BCUT2D eigenvalue weighted by Gasteiger charge is -2.28. The maximum absolute atomic E-state index is 12.1. The number of urea groups is 1. The summed E-state index contributed by atoms with van der Waals surface area (Å²) in [5.74, 6) is -0.828. The third-order valence-electron chi connectivity index (χ3n) is 3.21. The zero-order chi connectivity index (χ0) is 12.8. The Kier molecular flexibility index (Phi) is 5.25. The Labute approximate surface area is 102 Å². The number of carbonyl (C=O) groups excluding carboxylic acids is 1. The average molecular weight is 242 g/mol. The van der Waals surface area contributed by atoms with Gasteiger partial charge >= 0.3 is 12.0 Å². The van der Waals surface area contributed by atoms with Gasteiger partial charge in [-0.3, -0.25) is 4.79 Å². The van der Waals surface area contributed by atoms with E-state index in [4.69, 9.17) is 5.11 Å². The summed E-state index contributed by atoms with van der Waals surface area (Å²) in [6.45, 7) is 3.51. The van der Waals surface area contributed by atoms with E-state index < -0.39 is 5.97 Å². The van der Waals surface area contributed by atoms with Crippen LogP contribution in [0.1, 0.15) is 39.0 Å². The fourth-order valence-corrected chi connectivity index (χ4v) is 2.21. The first-order valence-corrected chi connectivity index (χ1v) is 6.29. The van der Waals surface area contributed by atoms with Crippen molar-refractivity contribution in [2.45, 2.75) is 45.1 Å². The van der Waals surface area contributed by atoms with Gasteiger partial charge in [-0.1, -0.05) is 13.3 Å². The van der Waals surface area contributed by atoms with E-state index in [9.17, 15) is 9.59 Å². The summed E-state index contributed by atoms with van der Waals surface area (Å²) in [5, 5.41) is 8.80. The maximum Gasteiger partial charge on any atom is 0.320 e. The standard InChI is InChI=1S/C12H22N2O3/c1-3-4-7-13(2)12(17)14-8-5-6-10(14)9-11(15)16/h10H,3-9H2,1-2H3,(H,15,16). The SMILES string of the molecule is CCCCN(C)C(=O)N1CCCC1CC(=O)O. The van der Waals surface area contributed by atoms with Crippen LogP contribution < -0.4 is 0 Å². The molecule has 1 heterocycles. The molecule has 0 bridgehead atoms. The van der Waals surface area contributed by atoms with Crippen LogP contribution in [0, 0.1) is 0 Å². The van der Waals surface area contributed by atoms with Gasteiger partial charge in [0, 0.05) is 26.2 Å². The molecule has 17 heavy (non-hydrogen) atoms. The minimum Gasteiger partial charge on any atom is -0.481 e. The lowest BCUT2D eigenvalue weighted by atomic mass is 10.1. The van der Waals surface area contributed by atoms with E-state index in [1.165, 1.54) is 0 Å². The van der Waals surface area contributed by atoms with Gasteiger partial charge in [0.1, 0.15) is 0 Å². The van der Waals surface area contributed by atoms with Crippen molar-refractivity contribution in [2.75, 3.05) is 20.1 Å². The molecule has 1 aliphatic rings. The maximum atomic E-state index is 12.1. The van der Waals surface area contributed by atoms with Crippen LogP contribution in [0.25, 0.3) is 0 Å². The highest BCUT2D eigenvalue weighted by molar-refractivity contribution is 5.76. The van der Waals surface area contributed by atoms with Crippen LogP contribution in [-0.4, -0.2) is 53.1 Å². The van der Waals surface area contributed by atoms with E-state index in [-0.39, 0.29) is 18.5 Å². The molecule has 0 aliphatic carbocycles. The molecule has 1 aliphatic heterocycles. The fraction of sp³-hybridized carbons (Fsp3) is 0.833. The molecule has 0 saturated carbocycles. The number of aliphatic carboxylic acids is 1. The summed E-state index contributed by atoms with van der Waals surface area (Å²) in [4.78, 5) is 26.2. The highest BCUT2D eigenvalue weighted by Crippen LogP contribution is 2.21. The third kappa shape index (κ3) is 3.91. The average Bonchev–Trinajstić information content (AvgIpc) is 2.71. The first-order valence-electron chi connectivity index (χ1n) is 6.29. The topological polar surface area (TPSA) is 60.9 Å². The second kappa shape index (κ2) is 6.47. The van der Waals surface area contributed by atoms with Gasteiger partial charge in [0.2, 0.25) is 0 Å². The zero-order valence-corrected chi connectivity index (χ0v) is 10.7. The van der Waals surface area contributed by atoms with Crippen molar-refractivity contribution >= 4 is 12.0 Å². The van der Waals surface area contributed by atoms with Crippen molar-refractivity contribution in [1.29, 1.82) is 0 Å². The first-order chi connectivity index (χ1) is 8.06. The molecule has 0 spiro atoms. The Balaban J connectivity index is 2.51. The second-order valence-corrected chi connectivity index (χ2v) is 4.64. The summed E-state index contributed by atoms with van der Waals surface area (Å²) in [5.41, 5.74) is 0. The molecule has 1 unspecified atom stereocenters. The molecule has 1 saturated heterocycles. The highest BCUT2D eigenvalue weighted by Gasteiger charge is 2.31. The number of likely N-dealkylation sites (tertiary alicyclic amines) is 1. The Hall–Kier alpha value is -1.26. The Morgan fingerprint density at radius 3 is 2.76 bits per heavy atom. The zero-order valence-electron chi connectivity index (χ0n) is 10.7. The van der Waals surface area contributed by atoms with Crippen LogP contribution in [-0.2, 0) is 4.79 Å². The van der Waals surface area contributed by atoms with Crippen LogP contribution in [0.3, 0.4) is 0 Å². The molecule has 1 fully saturated rings. The molecule has 5 nitrogen and oxygen atoms in total. The highest BCUT2D eigenvalue weighted by atomic mass is 16.4. The summed E-state index contributed by atoms with van der Waals surface area (Å²) in [7, 11) is 1.79. The predicted molar refractivity (Wildman–Crippen MR) is 64.9 cm³/mol. The van der Waals surface area contributed by atoms with Crippen molar-refractivity contribution in [3.8, 4) is 0 Å². The van der Waals surface area contributed by atoms with E-state index in [0.717, 1.165) is 32.2 Å². The van der Waals surface area contributed by atoms with Gasteiger partial charge in [-0.15, -0.1) is 0 Å². The van der Waals surface area contributed by atoms with Crippen LogP contribution in [0.15, 0.2) is 0 Å². The minimum atomic E-state index is -0.828. The monoisotopic (exact) mass is 242 g/mol. The van der Waals surface area contributed by atoms with Crippen LogP contribution in [0.2, 0.25) is 0 Å². The van der Waals surface area contributed by atoms with Gasteiger partial charge in [-0.25, -0.2) is 4.79 Å². The molecule has 0 aromatic carbocycles. The van der Waals surface area contributed by atoms with E-state index in [1.54, 1.807) is 16.8 Å². The number of carboxylic acid groups (broad SMARTS) is 1. The van der Waals surface area contributed by atoms with Crippen molar-refractivity contribution in [3.05, 3.63) is 0 Å². The van der Waals surface area contributed by atoms with Gasteiger partial charge in [-0.05, 0) is 19.3 Å². The first kappa shape index (κ1) is 13.8. The van der Waals surface area contributed by atoms with Crippen molar-refractivity contribution in [3.63, 3.8) is 0 Å². The molecule has 2 amide bonds. The van der Waals surface area contributed by atoms with E-state index in [1.807, 2.05) is 0 Å². The molecule has 0 aromatic rings. The van der Waals surface area contributed by atoms with Gasteiger partial charge in [0.15, 0.2) is 0 Å². The predicted octanol–water partition coefficient (Wildman–Crippen LogP) is 1.78. The molecule has 0 radical (unpaired) electrons. The molecule has 1 rings (SSSR count). The Bertz CT molecular complexity index is 281. The largest absolute Gasteiger partial charge is 0.481 e.